The van der Waals surface area contributed by atoms with E-state index in [1.807, 2.05) is 0 Å². The SMILES string of the molecule is OCc1cnc2c(F)cc(Br)cn12. The van der Waals surface area contributed by atoms with Gasteiger partial charge in [-0.2, -0.15) is 0 Å². The maximum absolute atomic E-state index is 13.2. The lowest BCUT2D eigenvalue weighted by Gasteiger charge is -1.99. The molecule has 2 rings (SSSR count). The molecular formula is C8H6BrFN2O. The highest BCUT2D eigenvalue weighted by atomic mass is 79.9. The largest absolute Gasteiger partial charge is 0.390 e. The van der Waals surface area contributed by atoms with Crippen molar-refractivity contribution in [1.29, 1.82) is 0 Å². The van der Waals surface area contributed by atoms with Gasteiger partial charge >= 0.3 is 0 Å². The summed E-state index contributed by atoms with van der Waals surface area (Å²) >= 11 is 3.16. The van der Waals surface area contributed by atoms with Gasteiger partial charge in [-0.15, -0.1) is 0 Å². The zero-order chi connectivity index (χ0) is 9.42. The summed E-state index contributed by atoms with van der Waals surface area (Å²) in [7, 11) is 0. The Bertz CT molecular complexity index is 455. The molecule has 0 radical (unpaired) electrons. The average Bonchev–Trinajstić information content (AvgIpc) is 2.47. The maximum Gasteiger partial charge on any atom is 0.173 e. The number of hydrogen-bond acceptors (Lipinski definition) is 2. The molecular weight excluding hydrogens is 239 g/mol. The number of rotatable bonds is 1. The summed E-state index contributed by atoms with van der Waals surface area (Å²) in [5.41, 5.74) is 0.794. The summed E-state index contributed by atoms with van der Waals surface area (Å²) in [6.07, 6.45) is 3.11. The van der Waals surface area contributed by atoms with E-state index in [4.69, 9.17) is 5.11 Å². The second-order valence-electron chi connectivity index (χ2n) is 2.61. The molecule has 0 unspecified atom stereocenters. The molecule has 0 saturated heterocycles. The minimum atomic E-state index is -0.408. The van der Waals surface area contributed by atoms with Crippen molar-refractivity contribution in [2.24, 2.45) is 0 Å². The van der Waals surface area contributed by atoms with Gasteiger partial charge in [-0.25, -0.2) is 9.37 Å². The summed E-state index contributed by atoms with van der Waals surface area (Å²) in [5.74, 6) is -0.408. The third kappa shape index (κ3) is 1.34. The summed E-state index contributed by atoms with van der Waals surface area (Å²) < 4.78 is 15.3. The summed E-state index contributed by atoms with van der Waals surface area (Å²) in [5, 5.41) is 8.91. The van der Waals surface area contributed by atoms with E-state index in [9.17, 15) is 4.39 Å². The van der Waals surface area contributed by atoms with Crippen LogP contribution in [0, 0.1) is 5.82 Å². The lowest BCUT2D eigenvalue weighted by atomic mass is 10.4. The van der Waals surface area contributed by atoms with Crippen molar-refractivity contribution < 1.29 is 9.50 Å². The predicted octanol–water partition coefficient (Wildman–Crippen LogP) is 1.73. The van der Waals surface area contributed by atoms with Crippen LogP contribution in [0.1, 0.15) is 5.69 Å². The van der Waals surface area contributed by atoms with Gasteiger partial charge in [0.25, 0.3) is 0 Å². The Morgan fingerprint density at radius 3 is 3.08 bits per heavy atom. The molecule has 0 saturated carbocycles. The first-order chi connectivity index (χ1) is 6.22. The summed E-state index contributed by atoms with van der Waals surface area (Å²) in [6, 6.07) is 1.34. The predicted molar refractivity (Wildman–Crippen MR) is 48.8 cm³/mol. The third-order valence-electron chi connectivity index (χ3n) is 1.77. The van der Waals surface area contributed by atoms with Crippen LogP contribution in [-0.2, 0) is 6.61 Å². The minimum Gasteiger partial charge on any atom is -0.390 e. The van der Waals surface area contributed by atoms with Crippen LogP contribution in [0.25, 0.3) is 5.65 Å². The quantitative estimate of drug-likeness (QED) is 0.830. The molecule has 0 amide bonds. The fraction of sp³-hybridized carbons (Fsp3) is 0.125. The number of aromatic nitrogens is 2. The molecule has 0 fully saturated rings. The second-order valence-corrected chi connectivity index (χ2v) is 3.52. The summed E-state index contributed by atoms with van der Waals surface area (Å²) in [6.45, 7) is -0.156. The van der Waals surface area contributed by atoms with Crippen LogP contribution in [0.15, 0.2) is 22.9 Å². The van der Waals surface area contributed by atoms with Gasteiger partial charge in [0.2, 0.25) is 0 Å². The zero-order valence-corrected chi connectivity index (χ0v) is 8.12. The molecule has 0 atom stereocenters. The van der Waals surface area contributed by atoms with E-state index in [-0.39, 0.29) is 12.3 Å². The van der Waals surface area contributed by atoms with Crippen LogP contribution >= 0.6 is 15.9 Å². The van der Waals surface area contributed by atoms with Gasteiger partial charge in [0, 0.05) is 10.7 Å². The molecule has 0 aliphatic carbocycles. The van der Waals surface area contributed by atoms with Gasteiger partial charge in [-0.05, 0) is 22.0 Å². The number of imidazole rings is 1. The van der Waals surface area contributed by atoms with Crippen LogP contribution < -0.4 is 0 Å². The van der Waals surface area contributed by atoms with Gasteiger partial charge in [0.15, 0.2) is 11.5 Å². The monoisotopic (exact) mass is 244 g/mol. The molecule has 1 N–H and O–H groups in total. The molecule has 68 valence electrons. The van der Waals surface area contributed by atoms with Crippen LogP contribution in [0.3, 0.4) is 0 Å². The van der Waals surface area contributed by atoms with Crippen molar-refractivity contribution in [3.8, 4) is 0 Å². The first kappa shape index (κ1) is 8.65. The normalized spacial score (nSPS) is 11.0. The van der Waals surface area contributed by atoms with Gasteiger partial charge in [-0.3, -0.25) is 4.40 Å². The molecule has 13 heavy (non-hydrogen) atoms. The maximum atomic E-state index is 13.2. The Morgan fingerprint density at radius 1 is 1.62 bits per heavy atom. The van der Waals surface area contributed by atoms with Gasteiger partial charge in [0.05, 0.1) is 18.5 Å². The zero-order valence-electron chi connectivity index (χ0n) is 6.54. The third-order valence-corrected chi connectivity index (χ3v) is 2.20. The molecule has 5 heteroatoms. The lowest BCUT2D eigenvalue weighted by molar-refractivity contribution is 0.275. The Hall–Kier alpha value is -0.940. The Labute approximate surface area is 82.0 Å². The van der Waals surface area contributed by atoms with E-state index in [1.54, 1.807) is 6.20 Å². The smallest absolute Gasteiger partial charge is 0.173 e. The highest BCUT2D eigenvalue weighted by Gasteiger charge is 2.07. The molecule has 0 spiro atoms. The van der Waals surface area contributed by atoms with Crippen molar-refractivity contribution in [2.75, 3.05) is 0 Å². The van der Waals surface area contributed by atoms with Crippen molar-refractivity contribution >= 4 is 21.6 Å². The number of aliphatic hydroxyl groups excluding tert-OH is 1. The first-order valence-electron chi connectivity index (χ1n) is 3.64. The molecule has 2 aromatic rings. The van der Waals surface area contributed by atoms with Crippen molar-refractivity contribution in [1.82, 2.24) is 9.38 Å². The van der Waals surface area contributed by atoms with Gasteiger partial charge < -0.3 is 5.11 Å². The number of aliphatic hydroxyl groups is 1. The van der Waals surface area contributed by atoms with Gasteiger partial charge in [-0.1, -0.05) is 0 Å². The molecule has 2 heterocycles. The molecule has 0 aliphatic heterocycles. The molecule has 3 nitrogen and oxygen atoms in total. The van der Waals surface area contributed by atoms with Crippen LogP contribution in [0.4, 0.5) is 4.39 Å². The van der Waals surface area contributed by atoms with E-state index >= 15 is 0 Å². The number of nitrogens with zero attached hydrogens (tertiary/aromatic N) is 2. The Morgan fingerprint density at radius 2 is 2.38 bits per heavy atom. The van der Waals surface area contributed by atoms with Crippen LogP contribution in [-0.4, -0.2) is 14.5 Å². The van der Waals surface area contributed by atoms with E-state index in [0.29, 0.717) is 10.2 Å². The highest BCUT2D eigenvalue weighted by molar-refractivity contribution is 9.10. The molecule has 0 bridgehead atoms. The standard InChI is InChI=1S/C8H6BrFN2O/c9-5-1-7(10)8-11-2-6(4-13)12(8)3-5/h1-3,13H,4H2. The Balaban J connectivity index is 2.82. The molecule has 0 aliphatic rings. The van der Waals surface area contributed by atoms with Crippen molar-refractivity contribution in [3.05, 3.63) is 34.4 Å². The van der Waals surface area contributed by atoms with Crippen molar-refractivity contribution in [3.63, 3.8) is 0 Å². The van der Waals surface area contributed by atoms with Gasteiger partial charge in [0.1, 0.15) is 0 Å². The Kier molecular flexibility index (Phi) is 2.05. The number of fused-ring (bicyclic) bond motifs is 1. The van der Waals surface area contributed by atoms with E-state index < -0.39 is 5.82 Å². The first-order valence-corrected chi connectivity index (χ1v) is 4.43. The minimum absolute atomic E-state index is 0.156. The number of hydrogen-bond donors (Lipinski definition) is 1. The topological polar surface area (TPSA) is 37.5 Å². The second kappa shape index (κ2) is 3.08. The summed E-state index contributed by atoms with van der Waals surface area (Å²) in [4.78, 5) is 3.84. The van der Waals surface area contributed by atoms with Crippen LogP contribution in [0.2, 0.25) is 0 Å². The highest BCUT2D eigenvalue weighted by Crippen LogP contribution is 2.17. The lowest BCUT2D eigenvalue weighted by Crippen LogP contribution is -1.94. The average molecular weight is 245 g/mol. The van der Waals surface area contributed by atoms with E-state index in [1.165, 1.54) is 16.7 Å². The molecule has 2 aromatic heterocycles. The fourth-order valence-electron chi connectivity index (χ4n) is 1.18. The molecule has 0 aromatic carbocycles. The van der Waals surface area contributed by atoms with E-state index in [2.05, 4.69) is 20.9 Å². The number of pyridine rings is 1. The van der Waals surface area contributed by atoms with E-state index in [0.717, 1.165) is 0 Å². The van der Waals surface area contributed by atoms with Crippen LogP contribution in [0.5, 0.6) is 0 Å². The fourth-order valence-corrected chi connectivity index (χ4v) is 1.59. The van der Waals surface area contributed by atoms with Crippen molar-refractivity contribution in [2.45, 2.75) is 6.61 Å². The number of halogens is 2.